The highest BCUT2D eigenvalue weighted by atomic mass is 16.6. The molecule has 0 bridgehead atoms. The van der Waals surface area contributed by atoms with E-state index >= 15 is 0 Å². The van der Waals surface area contributed by atoms with Gasteiger partial charge < -0.3 is 4.74 Å². The molecule has 0 aliphatic carbocycles. The molecule has 1 heterocycles. The summed E-state index contributed by atoms with van der Waals surface area (Å²) < 4.78 is 5.76. The van der Waals surface area contributed by atoms with Crippen molar-refractivity contribution >= 4 is 0 Å². The van der Waals surface area contributed by atoms with Crippen LogP contribution < -0.4 is 0 Å². The average molecular weight is 343 g/mol. The van der Waals surface area contributed by atoms with Crippen LogP contribution in [0.1, 0.15) is 16.7 Å². The molecule has 1 aliphatic heterocycles. The van der Waals surface area contributed by atoms with Crippen LogP contribution in [0, 0.1) is 0 Å². The van der Waals surface area contributed by atoms with Gasteiger partial charge >= 0.3 is 0 Å². The second-order valence-corrected chi connectivity index (χ2v) is 7.01. The van der Waals surface area contributed by atoms with Gasteiger partial charge in [0.2, 0.25) is 0 Å². The van der Waals surface area contributed by atoms with Crippen molar-refractivity contribution in [2.75, 3.05) is 6.61 Å². The first kappa shape index (κ1) is 17.0. The van der Waals surface area contributed by atoms with E-state index in [1.54, 1.807) is 0 Å². The highest BCUT2D eigenvalue weighted by Gasteiger charge is 2.36. The summed E-state index contributed by atoms with van der Waals surface area (Å²) in [5.41, 5.74) is 4.07. The number of rotatable bonds is 8. The number of benzene rings is 3. The molecule has 1 fully saturated rings. The van der Waals surface area contributed by atoms with Crippen LogP contribution >= 0.6 is 0 Å². The predicted molar refractivity (Wildman–Crippen MR) is 106 cm³/mol. The Balaban J connectivity index is 1.58. The molecule has 132 valence electrons. The quantitative estimate of drug-likeness (QED) is 0.551. The van der Waals surface area contributed by atoms with Gasteiger partial charge in [-0.05, 0) is 23.1 Å². The minimum absolute atomic E-state index is 0.336. The van der Waals surface area contributed by atoms with Crippen molar-refractivity contribution in [3.63, 3.8) is 0 Å². The van der Waals surface area contributed by atoms with E-state index in [4.69, 9.17) is 4.74 Å². The maximum Gasteiger partial charge on any atom is 0.0968 e. The molecule has 4 rings (SSSR count). The zero-order valence-corrected chi connectivity index (χ0v) is 15.0. The maximum atomic E-state index is 5.76. The van der Waals surface area contributed by atoms with E-state index in [2.05, 4.69) is 95.9 Å². The summed E-state index contributed by atoms with van der Waals surface area (Å²) in [6, 6.07) is 32.7. The Kier molecular flexibility index (Phi) is 5.44. The van der Waals surface area contributed by atoms with Gasteiger partial charge in [0.15, 0.2) is 0 Å². The molecule has 2 heteroatoms. The third kappa shape index (κ3) is 4.60. The van der Waals surface area contributed by atoms with Crippen molar-refractivity contribution in [1.29, 1.82) is 0 Å². The summed E-state index contributed by atoms with van der Waals surface area (Å²) in [6.07, 6.45) is 1.35. The topological polar surface area (TPSA) is 15.8 Å². The number of hydrogen-bond donors (Lipinski definition) is 0. The zero-order chi connectivity index (χ0) is 17.6. The lowest BCUT2D eigenvalue weighted by atomic mass is 10.0. The lowest BCUT2D eigenvalue weighted by Gasteiger charge is -2.31. The Morgan fingerprint density at radius 3 is 1.54 bits per heavy atom. The smallest absolute Gasteiger partial charge is 0.0968 e. The lowest BCUT2D eigenvalue weighted by Crippen LogP contribution is -2.40. The fourth-order valence-corrected chi connectivity index (χ4v) is 3.56. The molecule has 0 aromatic heterocycles. The average Bonchev–Trinajstić information content (AvgIpc) is 3.53. The minimum atomic E-state index is 0.336. The third-order valence-electron chi connectivity index (χ3n) is 5.00. The fourth-order valence-electron chi connectivity index (χ4n) is 3.56. The van der Waals surface area contributed by atoms with Crippen LogP contribution in [0.25, 0.3) is 0 Å². The Morgan fingerprint density at radius 1 is 0.692 bits per heavy atom. The molecule has 0 amide bonds. The Hall–Kier alpha value is -2.42. The van der Waals surface area contributed by atoms with Crippen LogP contribution in [-0.2, 0) is 24.2 Å². The van der Waals surface area contributed by atoms with Crippen LogP contribution in [0.5, 0.6) is 0 Å². The molecule has 1 aliphatic rings. The second-order valence-electron chi connectivity index (χ2n) is 7.01. The first-order chi connectivity index (χ1) is 12.9. The normalized spacial score (nSPS) is 17.2. The molecule has 1 saturated heterocycles. The molecule has 2 atom stereocenters. The predicted octanol–water partition coefficient (Wildman–Crippen LogP) is 4.70. The molecular weight excluding hydrogens is 318 g/mol. The summed E-state index contributed by atoms with van der Waals surface area (Å²) in [5.74, 6) is 0. The third-order valence-corrected chi connectivity index (χ3v) is 5.00. The molecule has 0 spiro atoms. The van der Waals surface area contributed by atoms with Gasteiger partial charge in [-0.1, -0.05) is 91.0 Å². The zero-order valence-electron chi connectivity index (χ0n) is 15.0. The van der Waals surface area contributed by atoms with Crippen LogP contribution in [0.2, 0.25) is 0 Å². The molecule has 3 aromatic carbocycles. The van der Waals surface area contributed by atoms with Crippen molar-refractivity contribution in [3.05, 3.63) is 108 Å². The van der Waals surface area contributed by atoms with Gasteiger partial charge in [0, 0.05) is 19.1 Å². The molecule has 3 aromatic rings. The first-order valence-electron chi connectivity index (χ1n) is 9.36. The highest BCUT2D eigenvalue weighted by Crippen LogP contribution is 2.26. The van der Waals surface area contributed by atoms with Crippen molar-refractivity contribution < 1.29 is 4.74 Å². The van der Waals surface area contributed by atoms with Gasteiger partial charge in [-0.2, -0.15) is 0 Å². The van der Waals surface area contributed by atoms with Crippen LogP contribution in [0.4, 0.5) is 0 Å². The minimum Gasteiger partial charge on any atom is -0.371 e. The van der Waals surface area contributed by atoms with Gasteiger partial charge in [-0.15, -0.1) is 0 Å². The van der Waals surface area contributed by atoms with Crippen molar-refractivity contribution in [3.8, 4) is 0 Å². The molecule has 0 unspecified atom stereocenters. The number of ether oxygens (including phenoxy) is 1. The van der Waals surface area contributed by atoms with Gasteiger partial charge in [0.05, 0.1) is 12.7 Å². The number of epoxide rings is 1. The second kappa shape index (κ2) is 8.31. The Bertz CT molecular complexity index is 743. The standard InChI is InChI=1S/C24H25NO/c1-4-10-20(11-5-1)16-23(24-19-26-24)25(17-21-12-6-2-7-13-21)18-22-14-8-3-9-15-22/h1-15,23-24H,16-19H2/t23-,24+/m0/s1. The van der Waals surface area contributed by atoms with E-state index in [1.165, 1.54) is 16.7 Å². The van der Waals surface area contributed by atoms with E-state index in [1.807, 2.05) is 0 Å². The summed E-state index contributed by atoms with van der Waals surface area (Å²) in [7, 11) is 0. The fraction of sp³-hybridized carbons (Fsp3) is 0.250. The molecule has 0 saturated carbocycles. The van der Waals surface area contributed by atoms with Gasteiger partial charge in [-0.3, -0.25) is 4.90 Å². The van der Waals surface area contributed by atoms with Crippen molar-refractivity contribution in [2.45, 2.75) is 31.7 Å². The van der Waals surface area contributed by atoms with Crippen molar-refractivity contribution in [2.24, 2.45) is 0 Å². The SMILES string of the molecule is c1ccc(C[C@@H]([C@H]2CO2)N(Cc2ccccc2)Cc2ccccc2)cc1. The van der Waals surface area contributed by atoms with E-state index in [0.717, 1.165) is 26.1 Å². The number of nitrogens with zero attached hydrogens (tertiary/aromatic N) is 1. The van der Waals surface area contributed by atoms with E-state index in [0.29, 0.717) is 12.1 Å². The summed E-state index contributed by atoms with van der Waals surface area (Å²) in [5, 5.41) is 0. The van der Waals surface area contributed by atoms with E-state index in [9.17, 15) is 0 Å². The van der Waals surface area contributed by atoms with Crippen LogP contribution in [0.15, 0.2) is 91.0 Å². The van der Waals surface area contributed by atoms with E-state index < -0.39 is 0 Å². The molecule has 0 N–H and O–H groups in total. The Morgan fingerprint density at radius 2 is 1.12 bits per heavy atom. The van der Waals surface area contributed by atoms with Crippen molar-refractivity contribution in [1.82, 2.24) is 4.90 Å². The number of hydrogen-bond acceptors (Lipinski definition) is 2. The van der Waals surface area contributed by atoms with Gasteiger partial charge in [0.1, 0.15) is 0 Å². The lowest BCUT2D eigenvalue weighted by molar-refractivity contribution is 0.144. The van der Waals surface area contributed by atoms with E-state index in [-0.39, 0.29) is 0 Å². The molecule has 26 heavy (non-hydrogen) atoms. The summed E-state index contributed by atoms with van der Waals surface area (Å²) in [6.45, 7) is 2.75. The monoisotopic (exact) mass is 343 g/mol. The van der Waals surface area contributed by atoms with Crippen LogP contribution in [0.3, 0.4) is 0 Å². The highest BCUT2D eigenvalue weighted by molar-refractivity contribution is 5.20. The van der Waals surface area contributed by atoms with Gasteiger partial charge in [0.25, 0.3) is 0 Å². The Labute approximate surface area is 156 Å². The molecular formula is C24H25NO. The molecule has 2 nitrogen and oxygen atoms in total. The summed E-state index contributed by atoms with van der Waals surface area (Å²) in [4.78, 5) is 2.58. The maximum absolute atomic E-state index is 5.76. The summed E-state index contributed by atoms with van der Waals surface area (Å²) >= 11 is 0. The molecule has 0 radical (unpaired) electrons. The van der Waals surface area contributed by atoms with Crippen LogP contribution in [-0.4, -0.2) is 23.7 Å². The largest absolute Gasteiger partial charge is 0.371 e. The first-order valence-corrected chi connectivity index (χ1v) is 9.36. The van der Waals surface area contributed by atoms with Gasteiger partial charge in [-0.25, -0.2) is 0 Å².